The van der Waals surface area contributed by atoms with E-state index in [1.54, 1.807) is 0 Å². The highest BCUT2D eigenvalue weighted by Gasteiger charge is 2.31. The largest absolute Gasteiger partial charge is 0.345 e. The lowest BCUT2D eigenvalue weighted by Gasteiger charge is -2.31. The van der Waals surface area contributed by atoms with Gasteiger partial charge in [0.15, 0.2) is 0 Å². The van der Waals surface area contributed by atoms with Gasteiger partial charge in [-0.05, 0) is 32.2 Å². The molecule has 3 heteroatoms. The van der Waals surface area contributed by atoms with Crippen molar-refractivity contribution in [3.8, 4) is 0 Å². The van der Waals surface area contributed by atoms with Gasteiger partial charge in [-0.1, -0.05) is 26.2 Å². The third kappa shape index (κ3) is 2.46. The molecule has 0 atom stereocenters. The Balaban J connectivity index is 2.05. The molecule has 0 amide bonds. The van der Waals surface area contributed by atoms with Crippen LogP contribution in [0, 0.1) is 0 Å². The van der Waals surface area contributed by atoms with Crippen LogP contribution in [0.4, 0.5) is 0 Å². The third-order valence-corrected chi connectivity index (χ3v) is 3.81. The Hall–Kier alpha value is -0.830. The summed E-state index contributed by atoms with van der Waals surface area (Å²) < 4.78 is 0. The van der Waals surface area contributed by atoms with Crippen molar-refractivity contribution in [2.24, 2.45) is 5.73 Å². The molecule has 1 fully saturated rings. The van der Waals surface area contributed by atoms with Gasteiger partial charge >= 0.3 is 0 Å². The van der Waals surface area contributed by atoms with Crippen LogP contribution in [-0.4, -0.2) is 16.5 Å². The van der Waals surface area contributed by atoms with E-state index in [1.807, 2.05) is 6.20 Å². The Labute approximate surface area is 97.8 Å². The van der Waals surface area contributed by atoms with Crippen molar-refractivity contribution >= 4 is 0 Å². The minimum Gasteiger partial charge on any atom is -0.345 e. The molecule has 1 aliphatic carbocycles. The van der Waals surface area contributed by atoms with Gasteiger partial charge in [-0.3, -0.25) is 0 Å². The predicted octanol–water partition coefficient (Wildman–Crippen LogP) is 2.52. The van der Waals surface area contributed by atoms with E-state index < -0.39 is 0 Å². The summed E-state index contributed by atoms with van der Waals surface area (Å²) in [5, 5.41) is 0. The number of H-pyrrole nitrogens is 1. The first-order valence-corrected chi connectivity index (χ1v) is 6.49. The Morgan fingerprint density at radius 2 is 2.12 bits per heavy atom. The van der Waals surface area contributed by atoms with Crippen LogP contribution in [0.25, 0.3) is 0 Å². The second kappa shape index (κ2) is 5.00. The van der Waals surface area contributed by atoms with E-state index in [1.165, 1.54) is 43.6 Å². The molecular formula is C13H23N3. The van der Waals surface area contributed by atoms with Crippen molar-refractivity contribution in [1.82, 2.24) is 9.97 Å². The molecule has 1 aromatic rings. The summed E-state index contributed by atoms with van der Waals surface area (Å²) in [4.78, 5) is 8.06. The SMILES string of the molecule is CC1(c2ncc(CCCN)[nH]2)CCCCC1. The van der Waals surface area contributed by atoms with Crippen molar-refractivity contribution in [3.63, 3.8) is 0 Å². The number of rotatable bonds is 4. The molecule has 0 saturated heterocycles. The number of imidazole rings is 1. The third-order valence-electron chi connectivity index (χ3n) is 3.81. The summed E-state index contributed by atoms with van der Waals surface area (Å²) in [7, 11) is 0. The van der Waals surface area contributed by atoms with E-state index in [0.29, 0.717) is 5.41 Å². The lowest BCUT2D eigenvalue weighted by Crippen LogP contribution is -2.26. The van der Waals surface area contributed by atoms with Gasteiger partial charge < -0.3 is 10.7 Å². The van der Waals surface area contributed by atoms with E-state index in [-0.39, 0.29) is 0 Å². The molecule has 0 bridgehead atoms. The molecular weight excluding hydrogens is 198 g/mol. The number of nitrogens with two attached hydrogens (primary N) is 1. The zero-order valence-electron chi connectivity index (χ0n) is 10.3. The number of nitrogens with zero attached hydrogens (tertiary/aromatic N) is 1. The van der Waals surface area contributed by atoms with Crippen LogP contribution in [-0.2, 0) is 11.8 Å². The molecule has 0 aliphatic heterocycles. The van der Waals surface area contributed by atoms with Crippen LogP contribution < -0.4 is 5.73 Å². The highest BCUT2D eigenvalue weighted by molar-refractivity contribution is 5.12. The number of hydrogen-bond donors (Lipinski definition) is 2. The Morgan fingerprint density at radius 3 is 2.81 bits per heavy atom. The Morgan fingerprint density at radius 1 is 1.38 bits per heavy atom. The van der Waals surface area contributed by atoms with E-state index in [0.717, 1.165) is 19.4 Å². The highest BCUT2D eigenvalue weighted by Crippen LogP contribution is 2.37. The Bertz CT molecular complexity index is 324. The number of aromatic nitrogens is 2. The van der Waals surface area contributed by atoms with Crippen molar-refractivity contribution in [1.29, 1.82) is 0 Å². The summed E-state index contributed by atoms with van der Waals surface area (Å²) >= 11 is 0. The smallest absolute Gasteiger partial charge is 0.112 e. The topological polar surface area (TPSA) is 54.7 Å². The highest BCUT2D eigenvalue weighted by atomic mass is 14.9. The van der Waals surface area contributed by atoms with Gasteiger partial charge in [0.1, 0.15) is 5.82 Å². The van der Waals surface area contributed by atoms with Gasteiger partial charge in [0.25, 0.3) is 0 Å². The molecule has 1 aromatic heterocycles. The van der Waals surface area contributed by atoms with E-state index in [2.05, 4.69) is 16.9 Å². The fourth-order valence-corrected chi connectivity index (χ4v) is 2.65. The molecule has 1 aliphatic rings. The zero-order chi connectivity index (χ0) is 11.4. The number of hydrogen-bond acceptors (Lipinski definition) is 2. The fourth-order valence-electron chi connectivity index (χ4n) is 2.65. The first kappa shape index (κ1) is 11.6. The average molecular weight is 221 g/mol. The molecule has 1 saturated carbocycles. The minimum absolute atomic E-state index is 0.291. The Kier molecular flexibility index (Phi) is 3.64. The number of aryl methyl sites for hydroxylation is 1. The quantitative estimate of drug-likeness (QED) is 0.821. The summed E-state index contributed by atoms with van der Waals surface area (Å²) in [6.45, 7) is 3.10. The number of aromatic amines is 1. The molecule has 0 unspecified atom stereocenters. The van der Waals surface area contributed by atoms with E-state index >= 15 is 0 Å². The minimum atomic E-state index is 0.291. The summed E-state index contributed by atoms with van der Waals surface area (Å²) in [6.07, 6.45) is 10.7. The maximum absolute atomic E-state index is 5.52. The van der Waals surface area contributed by atoms with Crippen LogP contribution in [0.15, 0.2) is 6.20 Å². The van der Waals surface area contributed by atoms with Crippen molar-refractivity contribution in [3.05, 3.63) is 17.7 Å². The van der Waals surface area contributed by atoms with Crippen molar-refractivity contribution < 1.29 is 0 Å². The van der Waals surface area contributed by atoms with Gasteiger partial charge in [0.05, 0.1) is 0 Å². The molecule has 3 nitrogen and oxygen atoms in total. The fraction of sp³-hybridized carbons (Fsp3) is 0.769. The summed E-state index contributed by atoms with van der Waals surface area (Å²) in [6, 6.07) is 0. The second-order valence-corrected chi connectivity index (χ2v) is 5.27. The normalized spacial score (nSPS) is 19.9. The molecule has 0 aromatic carbocycles. The van der Waals surface area contributed by atoms with Gasteiger partial charge in [-0.2, -0.15) is 0 Å². The van der Waals surface area contributed by atoms with Crippen molar-refractivity contribution in [2.75, 3.05) is 6.54 Å². The molecule has 3 N–H and O–H groups in total. The molecule has 1 heterocycles. The molecule has 0 radical (unpaired) electrons. The maximum atomic E-state index is 5.52. The molecule has 90 valence electrons. The number of nitrogens with one attached hydrogen (secondary N) is 1. The molecule has 16 heavy (non-hydrogen) atoms. The second-order valence-electron chi connectivity index (χ2n) is 5.27. The van der Waals surface area contributed by atoms with Gasteiger partial charge in [-0.25, -0.2) is 4.98 Å². The van der Waals surface area contributed by atoms with Gasteiger partial charge in [0, 0.05) is 17.3 Å². The van der Waals surface area contributed by atoms with Crippen LogP contribution in [0.3, 0.4) is 0 Å². The summed E-state index contributed by atoms with van der Waals surface area (Å²) in [5.41, 5.74) is 7.05. The zero-order valence-corrected chi connectivity index (χ0v) is 10.3. The van der Waals surface area contributed by atoms with Crippen molar-refractivity contribution in [2.45, 2.75) is 57.3 Å². The monoisotopic (exact) mass is 221 g/mol. The first-order chi connectivity index (χ1) is 7.74. The van der Waals surface area contributed by atoms with Crippen LogP contribution in [0.1, 0.15) is 57.0 Å². The van der Waals surface area contributed by atoms with Gasteiger partial charge in [0.2, 0.25) is 0 Å². The molecule has 0 spiro atoms. The first-order valence-electron chi connectivity index (χ1n) is 6.49. The lowest BCUT2D eigenvalue weighted by atomic mass is 9.75. The maximum Gasteiger partial charge on any atom is 0.112 e. The van der Waals surface area contributed by atoms with Gasteiger partial charge in [-0.15, -0.1) is 0 Å². The van der Waals surface area contributed by atoms with E-state index in [4.69, 9.17) is 5.73 Å². The van der Waals surface area contributed by atoms with Crippen LogP contribution in [0.5, 0.6) is 0 Å². The summed E-state index contributed by atoms with van der Waals surface area (Å²) in [5.74, 6) is 1.19. The van der Waals surface area contributed by atoms with E-state index in [9.17, 15) is 0 Å². The lowest BCUT2D eigenvalue weighted by molar-refractivity contribution is 0.305. The van der Waals surface area contributed by atoms with Crippen LogP contribution >= 0.6 is 0 Å². The predicted molar refractivity (Wildman–Crippen MR) is 66.4 cm³/mol. The average Bonchev–Trinajstić information content (AvgIpc) is 2.77. The molecule has 2 rings (SSSR count). The van der Waals surface area contributed by atoms with Crippen LogP contribution in [0.2, 0.25) is 0 Å². The standard InChI is InChI=1S/C13H23N3/c1-13(7-3-2-4-8-13)12-15-10-11(16-12)6-5-9-14/h10H,2-9,14H2,1H3,(H,15,16).